The van der Waals surface area contributed by atoms with Crippen molar-refractivity contribution in [2.75, 3.05) is 0 Å². The molecule has 1 aliphatic carbocycles. The summed E-state index contributed by atoms with van der Waals surface area (Å²) in [7, 11) is 0. The smallest absolute Gasteiger partial charge is 0.306 e. The number of pyridine rings is 1. The summed E-state index contributed by atoms with van der Waals surface area (Å²) in [5.41, 5.74) is 3.03. The summed E-state index contributed by atoms with van der Waals surface area (Å²) in [6, 6.07) is 3.70. The van der Waals surface area contributed by atoms with E-state index in [9.17, 15) is 9.90 Å². The van der Waals surface area contributed by atoms with E-state index in [1.807, 2.05) is 26.0 Å². The predicted octanol–water partition coefficient (Wildman–Crippen LogP) is 4.91. The largest absolute Gasteiger partial charge is 0.489 e. The number of carbonyl (C=O) groups is 1. The minimum Gasteiger partial charge on any atom is -0.489 e. The summed E-state index contributed by atoms with van der Waals surface area (Å²) in [5, 5.41) is 21.3. The Balaban J connectivity index is 1.83. The normalized spacial score (nSPS) is 20.1. The van der Waals surface area contributed by atoms with Crippen molar-refractivity contribution in [3.63, 3.8) is 0 Å². The highest BCUT2D eigenvalue weighted by Gasteiger charge is 2.28. The van der Waals surface area contributed by atoms with Crippen LogP contribution in [0, 0.1) is 19.8 Å². The summed E-state index contributed by atoms with van der Waals surface area (Å²) in [5.74, 6) is -0.434. The number of carboxylic acid groups (broad SMARTS) is 1. The van der Waals surface area contributed by atoms with E-state index in [-0.39, 0.29) is 12.0 Å². The summed E-state index contributed by atoms with van der Waals surface area (Å²) in [4.78, 5) is 16.7. The fourth-order valence-corrected chi connectivity index (χ4v) is 4.67. The number of oxime groups is 1. The zero-order valence-corrected chi connectivity index (χ0v) is 16.7. The Hall–Kier alpha value is -2.12. The molecule has 2 aromatic rings. The molecule has 0 radical (unpaired) electrons. The molecule has 1 fully saturated rings. The SMILES string of the molecule is Cc1nc(-c2sc(Cl)c(C)c2/C=N/O)ccc1O[C@H]1CCC[C@H](C(=O)O)C1. The van der Waals surface area contributed by atoms with Crippen molar-refractivity contribution in [1.82, 2.24) is 4.98 Å². The number of hydrogen-bond acceptors (Lipinski definition) is 6. The van der Waals surface area contributed by atoms with E-state index in [0.29, 0.717) is 22.9 Å². The molecule has 0 spiro atoms. The van der Waals surface area contributed by atoms with Crippen LogP contribution in [0.1, 0.15) is 42.5 Å². The van der Waals surface area contributed by atoms with E-state index in [1.165, 1.54) is 17.6 Å². The standard InChI is InChI=1S/C19H21ClN2O4S/c1-10-14(9-21-25)17(27-18(10)20)15-6-7-16(11(2)22-15)26-13-5-3-4-12(8-13)19(23)24/h6-7,9,12-13,25H,3-5,8H2,1-2H3,(H,23,24)/b21-9+/t12-,13-/m0/s1. The molecule has 2 aromatic heterocycles. The molecule has 0 aromatic carbocycles. The van der Waals surface area contributed by atoms with Gasteiger partial charge in [0.1, 0.15) is 5.75 Å². The number of carboxylic acids is 1. The quantitative estimate of drug-likeness (QED) is 0.416. The van der Waals surface area contributed by atoms with E-state index < -0.39 is 5.97 Å². The number of aromatic nitrogens is 1. The van der Waals surface area contributed by atoms with Crippen molar-refractivity contribution in [2.45, 2.75) is 45.6 Å². The number of hydrogen-bond donors (Lipinski definition) is 2. The summed E-state index contributed by atoms with van der Waals surface area (Å²) < 4.78 is 6.68. The van der Waals surface area contributed by atoms with Crippen LogP contribution in [-0.2, 0) is 4.79 Å². The molecule has 144 valence electrons. The first-order valence-corrected chi connectivity index (χ1v) is 9.94. The van der Waals surface area contributed by atoms with Crippen LogP contribution in [0.15, 0.2) is 17.3 Å². The number of nitrogens with zero attached hydrogens (tertiary/aromatic N) is 2. The van der Waals surface area contributed by atoms with Crippen LogP contribution in [0.2, 0.25) is 4.34 Å². The van der Waals surface area contributed by atoms with Crippen molar-refractivity contribution >= 4 is 35.1 Å². The molecule has 2 N–H and O–H groups in total. The topological polar surface area (TPSA) is 92.0 Å². The molecule has 1 aliphatic rings. The molecular weight excluding hydrogens is 388 g/mol. The van der Waals surface area contributed by atoms with Gasteiger partial charge in [-0.05, 0) is 57.2 Å². The molecule has 1 saturated carbocycles. The molecule has 0 aliphatic heterocycles. The Bertz CT molecular complexity index is 881. The Labute approximate surface area is 166 Å². The minimum absolute atomic E-state index is 0.110. The molecular formula is C19H21ClN2O4S. The lowest BCUT2D eigenvalue weighted by Gasteiger charge is -2.27. The predicted molar refractivity (Wildman–Crippen MR) is 105 cm³/mol. The number of ether oxygens (including phenoxy) is 1. The maximum Gasteiger partial charge on any atom is 0.306 e. The maximum absolute atomic E-state index is 11.2. The number of aliphatic carboxylic acids is 1. The molecule has 0 saturated heterocycles. The van der Waals surface area contributed by atoms with Crippen LogP contribution in [-0.4, -0.2) is 33.6 Å². The van der Waals surface area contributed by atoms with Crippen LogP contribution in [0.25, 0.3) is 10.6 Å². The van der Waals surface area contributed by atoms with Gasteiger partial charge in [-0.25, -0.2) is 4.98 Å². The first kappa shape index (κ1) is 19.6. The molecule has 0 bridgehead atoms. The second kappa shape index (κ2) is 8.27. The molecule has 2 atom stereocenters. The van der Waals surface area contributed by atoms with Crippen LogP contribution in [0.3, 0.4) is 0 Å². The van der Waals surface area contributed by atoms with Gasteiger partial charge in [-0.15, -0.1) is 11.3 Å². The number of aryl methyl sites for hydroxylation is 1. The Morgan fingerprint density at radius 3 is 2.85 bits per heavy atom. The molecule has 8 heteroatoms. The minimum atomic E-state index is -0.753. The van der Waals surface area contributed by atoms with Gasteiger partial charge in [-0.1, -0.05) is 16.8 Å². The van der Waals surface area contributed by atoms with Gasteiger partial charge < -0.3 is 15.1 Å². The van der Waals surface area contributed by atoms with Gasteiger partial charge in [-0.3, -0.25) is 4.79 Å². The van der Waals surface area contributed by atoms with Crippen LogP contribution in [0.4, 0.5) is 0 Å². The number of halogens is 1. The third-order valence-corrected chi connectivity index (χ3v) is 6.49. The lowest BCUT2D eigenvalue weighted by Crippen LogP contribution is -2.29. The Kier molecular flexibility index (Phi) is 6.01. The van der Waals surface area contributed by atoms with E-state index >= 15 is 0 Å². The first-order valence-electron chi connectivity index (χ1n) is 8.74. The fourth-order valence-electron chi connectivity index (χ4n) is 3.36. The maximum atomic E-state index is 11.2. The Morgan fingerprint density at radius 1 is 1.41 bits per heavy atom. The molecule has 3 rings (SSSR count). The average molecular weight is 409 g/mol. The van der Waals surface area contributed by atoms with Crippen molar-refractivity contribution in [1.29, 1.82) is 0 Å². The third-order valence-electron chi connectivity index (χ3n) is 4.86. The lowest BCUT2D eigenvalue weighted by molar-refractivity contribution is -0.143. The lowest BCUT2D eigenvalue weighted by atomic mass is 9.87. The third kappa shape index (κ3) is 4.25. The molecule has 2 heterocycles. The summed E-state index contributed by atoms with van der Waals surface area (Å²) >= 11 is 7.62. The monoisotopic (exact) mass is 408 g/mol. The highest BCUT2D eigenvalue weighted by Crippen LogP contribution is 2.39. The summed E-state index contributed by atoms with van der Waals surface area (Å²) in [6.07, 6.45) is 4.18. The molecule has 27 heavy (non-hydrogen) atoms. The van der Waals surface area contributed by atoms with Gasteiger partial charge in [-0.2, -0.15) is 0 Å². The van der Waals surface area contributed by atoms with Crippen molar-refractivity contribution in [2.24, 2.45) is 11.1 Å². The fraction of sp³-hybridized carbons (Fsp3) is 0.421. The highest BCUT2D eigenvalue weighted by molar-refractivity contribution is 7.20. The Morgan fingerprint density at radius 2 is 2.19 bits per heavy atom. The van der Waals surface area contributed by atoms with E-state index in [1.54, 1.807) is 0 Å². The second-order valence-electron chi connectivity index (χ2n) is 6.71. The van der Waals surface area contributed by atoms with Crippen molar-refractivity contribution in [3.05, 3.63) is 33.3 Å². The van der Waals surface area contributed by atoms with Gasteiger partial charge in [0.05, 0.1) is 38.8 Å². The first-order chi connectivity index (χ1) is 12.9. The van der Waals surface area contributed by atoms with E-state index in [4.69, 9.17) is 21.5 Å². The van der Waals surface area contributed by atoms with Gasteiger partial charge in [0.15, 0.2) is 0 Å². The molecule has 6 nitrogen and oxygen atoms in total. The van der Waals surface area contributed by atoms with Gasteiger partial charge in [0.25, 0.3) is 0 Å². The zero-order valence-electron chi connectivity index (χ0n) is 15.1. The highest BCUT2D eigenvalue weighted by atomic mass is 35.5. The van der Waals surface area contributed by atoms with Crippen molar-refractivity contribution in [3.8, 4) is 16.3 Å². The van der Waals surface area contributed by atoms with Crippen LogP contribution in [0.5, 0.6) is 5.75 Å². The zero-order chi connectivity index (χ0) is 19.6. The van der Waals surface area contributed by atoms with Gasteiger partial charge in [0.2, 0.25) is 0 Å². The van der Waals surface area contributed by atoms with E-state index in [0.717, 1.165) is 40.2 Å². The van der Waals surface area contributed by atoms with Crippen LogP contribution >= 0.6 is 22.9 Å². The van der Waals surface area contributed by atoms with E-state index in [2.05, 4.69) is 10.1 Å². The molecule has 0 unspecified atom stereocenters. The number of thiophene rings is 1. The summed E-state index contributed by atoms with van der Waals surface area (Å²) in [6.45, 7) is 3.73. The van der Waals surface area contributed by atoms with Crippen LogP contribution < -0.4 is 4.74 Å². The molecule has 0 amide bonds. The van der Waals surface area contributed by atoms with Gasteiger partial charge in [0, 0.05) is 5.56 Å². The average Bonchev–Trinajstić information content (AvgIpc) is 2.92. The number of rotatable bonds is 5. The van der Waals surface area contributed by atoms with Crippen molar-refractivity contribution < 1.29 is 19.8 Å². The van der Waals surface area contributed by atoms with Gasteiger partial charge >= 0.3 is 5.97 Å². The second-order valence-corrected chi connectivity index (χ2v) is 8.33.